The van der Waals surface area contributed by atoms with Gasteiger partial charge in [-0.3, -0.25) is 9.59 Å². The van der Waals surface area contributed by atoms with Crippen molar-refractivity contribution < 1.29 is 14.0 Å². The molecular formula is C23H25N3O3S. The number of aromatic nitrogens is 1. The van der Waals surface area contributed by atoms with E-state index in [0.29, 0.717) is 36.0 Å². The Bertz CT molecular complexity index is 1030. The highest BCUT2D eigenvalue weighted by molar-refractivity contribution is 7.13. The van der Waals surface area contributed by atoms with Crippen LogP contribution in [0.1, 0.15) is 40.2 Å². The Morgan fingerprint density at radius 3 is 2.63 bits per heavy atom. The lowest BCUT2D eigenvalue weighted by atomic mass is 10.0. The summed E-state index contributed by atoms with van der Waals surface area (Å²) >= 11 is 1.56. The van der Waals surface area contributed by atoms with Gasteiger partial charge in [0, 0.05) is 24.7 Å². The first kappa shape index (κ1) is 20.3. The third kappa shape index (κ3) is 4.46. The number of benzene rings is 1. The van der Waals surface area contributed by atoms with Gasteiger partial charge in [0.15, 0.2) is 0 Å². The van der Waals surface area contributed by atoms with E-state index in [9.17, 15) is 9.59 Å². The van der Waals surface area contributed by atoms with Crippen molar-refractivity contribution in [3.05, 3.63) is 64.4 Å². The maximum Gasteiger partial charge on any atom is 0.251 e. The number of nitrogens with one attached hydrogen (secondary N) is 1. The van der Waals surface area contributed by atoms with Crippen molar-refractivity contribution in [2.45, 2.75) is 39.2 Å². The molecule has 1 aliphatic rings. The van der Waals surface area contributed by atoms with Gasteiger partial charge in [0.25, 0.3) is 5.91 Å². The Labute approximate surface area is 179 Å². The maximum atomic E-state index is 12.8. The number of likely N-dealkylation sites (tertiary alicyclic amines) is 1. The SMILES string of the molecule is Cc1ccccc1C(=O)NC1CCN(C(=O)Cc2nc(-c3cccs3)oc2C)CC1. The minimum atomic E-state index is -0.0443. The zero-order valence-electron chi connectivity index (χ0n) is 17.2. The zero-order valence-corrected chi connectivity index (χ0v) is 18.0. The van der Waals surface area contributed by atoms with Crippen molar-refractivity contribution in [1.82, 2.24) is 15.2 Å². The molecule has 0 atom stereocenters. The molecule has 7 heteroatoms. The average Bonchev–Trinajstić information content (AvgIpc) is 3.39. The number of hydrogen-bond acceptors (Lipinski definition) is 5. The van der Waals surface area contributed by atoms with Crippen molar-refractivity contribution in [2.24, 2.45) is 0 Å². The molecule has 1 aliphatic heterocycles. The molecule has 6 nitrogen and oxygen atoms in total. The van der Waals surface area contributed by atoms with E-state index >= 15 is 0 Å². The summed E-state index contributed by atoms with van der Waals surface area (Å²) in [5, 5.41) is 5.08. The monoisotopic (exact) mass is 423 g/mol. The Morgan fingerprint density at radius 1 is 1.17 bits per heavy atom. The normalized spacial score (nSPS) is 14.7. The molecular weight excluding hydrogens is 398 g/mol. The number of carbonyl (C=O) groups is 2. The van der Waals surface area contributed by atoms with Gasteiger partial charge in [-0.2, -0.15) is 0 Å². The van der Waals surface area contributed by atoms with Gasteiger partial charge in [-0.05, 0) is 49.8 Å². The second kappa shape index (κ2) is 8.83. The van der Waals surface area contributed by atoms with Crippen LogP contribution in [0.5, 0.6) is 0 Å². The van der Waals surface area contributed by atoms with Gasteiger partial charge in [0.1, 0.15) is 5.76 Å². The lowest BCUT2D eigenvalue weighted by Gasteiger charge is -2.32. The molecule has 3 heterocycles. The van der Waals surface area contributed by atoms with Gasteiger partial charge in [0.05, 0.1) is 17.0 Å². The first-order chi connectivity index (χ1) is 14.5. The summed E-state index contributed by atoms with van der Waals surface area (Å²) in [6.45, 7) is 5.05. The number of piperidine rings is 1. The largest absolute Gasteiger partial charge is 0.440 e. The molecule has 3 aromatic rings. The molecule has 0 saturated carbocycles. The molecule has 1 fully saturated rings. The van der Waals surface area contributed by atoms with Crippen LogP contribution in [0.3, 0.4) is 0 Å². The smallest absolute Gasteiger partial charge is 0.251 e. The summed E-state index contributed by atoms with van der Waals surface area (Å²) in [6, 6.07) is 11.6. The Hall–Kier alpha value is -2.93. The van der Waals surface area contributed by atoms with Crippen LogP contribution >= 0.6 is 11.3 Å². The minimum Gasteiger partial charge on any atom is -0.440 e. The molecule has 4 rings (SSSR count). The highest BCUT2D eigenvalue weighted by Crippen LogP contribution is 2.26. The van der Waals surface area contributed by atoms with Crippen molar-refractivity contribution in [3.63, 3.8) is 0 Å². The predicted octanol–water partition coefficient (Wildman–Crippen LogP) is 3.98. The van der Waals surface area contributed by atoms with E-state index in [4.69, 9.17) is 4.42 Å². The highest BCUT2D eigenvalue weighted by Gasteiger charge is 2.26. The van der Waals surface area contributed by atoms with E-state index in [1.807, 2.05) is 60.5 Å². The molecule has 1 N–H and O–H groups in total. The second-order valence-electron chi connectivity index (χ2n) is 7.62. The highest BCUT2D eigenvalue weighted by atomic mass is 32.1. The lowest BCUT2D eigenvalue weighted by Crippen LogP contribution is -2.47. The number of hydrogen-bond donors (Lipinski definition) is 1. The van der Waals surface area contributed by atoms with Crippen LogP contribution in [0.25, 0.3) is 10.8 Å². The van der Waals surface area contributed by atoms with E-state index in [1.165, 1.54) is 0 Å². The average molecular weight is 424 g/mol. The van der Waals surface area contributed by atoms with Crippen LogP contribution in [-0.2, 0) is 11.2 Å². The first-order valence-corrected chi connectivity index (χ1v) is 11.0. The van der Waals surface area contributed by atoms with Gasteiger partial charge >= 0.3 is 0 Å². The number of aryl methyl sites for hydroxylation is 2. The Balaban J connectivity index is 1.31. The number of rotatable bonds is 5. The molecule has 30 heavy (non-hydrogen) atoms. The predicted molar refractivity (Wildman–Crippen MR) is 117 cm³/mol. The van der Waals surface area contributed by atoms with Crippen LogP contribution in [0, 0.1) is 13.8 Å². The van der Waals surface area contributed by atoms with Crippen LogP contribution in [0.2, 0.25) is 0 Å². The van der Waals surface area contributed by atoms with Crippen LogP contribution in [0.15, 0.2) is 46.2 Å². The first-order valence-electron chi connectivity index (χ1n) is 10.2. The molecule has 0 radical (unpaired) electrons. The molecule has 1 aromatic carbocycles. The summed E-state index contributed by atoms with van der Waals surface area (Å²) < 4.78 is 5.74. The molecule has 0 spiro atoms. The molecule has 0 bridgehead atoms. The topological polar surface area (TPSA) is 75.4 Å². The fourth-order valence-corrected chi connectivity index (χ4v) is 4.37. The van der Waals surface area contributed by atoms with Crippen LogP contribution < -0.4 is 5.32 Å². The Morgan fingerprint density at radius 2 is 1.93 bits per heavy atom. The van der Waals surface area contributed by atoms with E-state index in [1.54, 1.807) is 11.3 Å². The molecule has 2 amide bonds. The van der Waals surface area contributed by atoms with Crippen molar-refractivity contribution >= 4 is 23.2 Å². The maximum absolute atomic E-state index is 12.8. The summed E-state index contributed by atoms with van der Waals surface area (Å²) in [4.78, 5) is 32.6. The summed E-state index contributed by atoms with van der Waals surface area (Å²) in [6.07, 6.45) is 1.74. The standard InChI is InChI=1S/C23H25N3O3S/c1-15-6-3-4-7-18(15)22(28)24-17-9-11-26(12-10-17)21(27)14-19-16(2)29-23(25-19)20-8-5-13-30-20/h3-8,13,17H,9-12,14H2,1-2H3,(H,24,28). The third-order valence-electron chi connectivity index (χ3n) is 5.52. The number of carbonyl (C=O) groups excluding carboxylic acids is 2. The fraction of sp³-hybridized carbons (Fsp3) is 0.348. The van der Waals surface area contributed by atoms with Gasteiger partial charge in [0.2, 0.25) is 11.8 Å². The van der Waals surface area contributed by atoms with Gasteiger partial charge < -0.3 is 14.6 Å². The molecule has 156 valence electrons. The van der Waals surface area contributed by atoms with Gasteiger partial charge in [-0.1, -0.05) is 24.3 Å². The molecule has 2 aromatic heterocycles. The molecule has 0 aliphatic carbocycles. The van der Waals surface area contributed by atoms with E-state index in [0.717, 1.165) is 23.3 Å². The van der Waals surface area contributed by atoms with E-state index in [2.05, 4.69) is 10.3 Å². The number of amides is 2. The Kier molecular flexibility index (Phi) is 5.99. The number of nitrogens with zero attached hydrogens (tertiary/aromatic N) is 2. The summed E-state index contributed by atoms with van der Waals surface area (Å²) in [7, 11) is 0. The van der Waals surface area contributed by atoms with E-state index < -0.39 is 0 Å². The van der Waals surface area contributed by atoms with E-state index in [-0.39, 0.29) is 24.3 Å². The van der Waals surface area contributed by atoms with Crippen molar-refractivity contribution in [2.75, 3.05) is 13.1 Å². The quantitative estimate of drug-likeness (QED) is 0.673. The zero-order chi connectivity index (χ0) is 21.1. The van der Waals surface area contributed by atoms with Crippen LogP contribution in [-0.4, -0.2) is 40.8 Å². The summed E-state index contributed by atoms with van der Waals surface area (Å²) in [5.41, 5.74) is 2.37. The van der Waals surface area contributed by atoms with Crippen molar-refractivity contribution in [1.29, 1.82) is 0 Å². The number of oxazole rings is 1. The molecule has 0 unspecified atom stereocenters. The fourth-order valence-electron chi connectivity index (χ4n) is 3.72. The molecule has 1 saturated heterocycles. The summed E-state index contributed by atoms with van der Waals surface area (Å²) in [5.74, 6) is 1.26. The third-order valence-corrected chi connectivity index (χ3v) is 6.37. The van der Waals surface area contributed by atoms with Crippen molar-refractivity contribution in [3.8, 4) is 10.8 Å². The van der Waals surface area contributed by atoms with Gasteiger partial charge in [-0.15, -0.1) is 11.3 Å². The second-order valence-corrected chi connectivity index (χ2v) is 8.57. The van der Waals surface area contributed by atoms with Crippen LogP contribution in [0.4, 0.5) is 0 Å². The lowest BCUT2D eigenvalue weighted by molar-refractivity contribution is -0.131. The van der Waals surface area contributed by atoms with Gasteiger partial charge in [-0.25, -0.2) is 4.98 Å². The minimum absolute atomic E-state index is 0.0443. The number of thiophene rings is 1.